The molecular weight excluding hydrogens is 226 g/mol. The summed E-state index contributed by atoms with van der Waals surface area (Å²) >= 11 is 0. The number of rotatable bonds is 4. The van der Waals surface area contributed by atoms with E-state index >= 15 is 0 Å². The number of nitrogens with one attached hydrogen (secondary N) is 1. The standard InChI is InChI=1S/C13H15N5/c1-3-12-11(9-18(2)17-12)8-16-13-6-10(7-14)4-5-15-13/h4-6,9H,3,8H2,1-2H3,(H,15,16). The molecule has 2 aromatic heterocycles. The topological polar surface area (TPSA) is 66.5 Å². The van der Waals surface area contributed by atoms with Crippen LogP contribution in [0.2, 0.25) is 0 Å². The number of aryl methyl sites for hydroxylation is 2. The molecule has 0 aliphatic carbocycles. The van der Waals surface area contributed by atoms with Crippen molar-refractivity contribution in [3.8, 4) is 6.07 Å². The first-order valence-electron chi connectivity index (χ1n) is 5.84. The fourth-order valence-corrected chi connectivity index (χ4v) is 1.81. The van der Waals surface area contributed by atoms with Crippen molar-refractivity contribution in [2.45, 2.75) is 19.9 Å². The van der Waals surface area contributed by atoms with Gasteiger partial charge in [0.1, 0.15) is 5.82 Å². The Bertz CT molecular complexity index is 579. The first kappa shape index (κ1) is 12.1. The first-order valence-corrected chi connectivity index (χ1v) is 5.84. The van der Waals surface area contributed by atoms with Crippen LogP contribution in [0.4, 0.5) is 5.82 Å². The lowest BCUT2D eigenvalue weighted by Gasteiger charge is -2.04. The third-order valence-electron chi connectivity index (χ3n) is 2.68. The van der Waals surface area contributed by atoms with Gasteiger partial charge in [0.2, 0.25) is 0 Å². The third kappa shape index (κ3) is 2.66. The fourth-order valence-electron chi connectivity index (χ4n) is 1.81. The molecule has 92 valence electrons. The molecule has 0 amide bonds. The lowest BCUT2D eigenvalue weighted by atomic mass is 10.2. The summed E-state index contributed by atoms with van der Waals surface area (Å²) in [6.07, 6.45) is 4.54. The van der Waals surface area contributed by atoms with Gasteiger partial charge in [-0.2, -0.15) is 10.4 Å². The molecule has 18 heavy (non-hydrogen) atoms. The molecule has 0 saturated carbocycles. The zero-order chi connectivity index (χ0) is 13.0. The molecule has 5 heteroatoms. The fraction of sp³-hybridized carbons (Fsp3) is 0.308. The van der Waals surface area contributed by atoms with E-state index in [1.54, 1.807) is 18.3 Å². The number of nitrogens with zero attached hydrogens (tertiary/aromatic N) is 4. The summed E-state index contributed by atoms with van der Waals surface area (Å²) in [5.41, 5.74) is 2.85. The van der Waals surface area contributed by atoms with Crippen molar-refractivity contribution >= 4 is 5.82 Å². The minimum absolute atomic E-state index is 0.606. The Hall–Kier alpha value is -2.35. The predicted molar refractivity (Wildman–Crippen MR) is 68.9 cm³/mol. The average molecular weight is 241 g/mol. The van der Waals surface area contributed by atoms with E-state index in [0.717, 1.165) is 17.7 Å². The van der Waals surface area contributed by atoms with Gasteiger partial charge >= 0.3 is 0 Å². The second-order valence-electron chi connectivity index (χ2n) is 4.02. The van der Waals surface area contributed by atoms with E-state index in [2.05, 4.69) is 28.4 Å². The van der Waals surface area contributed by atoms with Crippen molar-refractivity contribution in [3.05, 3.63) is 41.3 Å². The molecule has 0 aromatic carbocycles. The van der Waals surface area contributed by atoms with Crippen molar-refractivity contribution in [1.82, 2.24) is 14.8 Å². The molecule has 0 aliphatic heterocycles. The predicted octanol–water partition coefficient (Wildman–Crippen LogP) is 1.86. The molecule has 5 nitrogen and oxygen atoms in total. The summed E-state index contributed by atoms with van der Waals surface area (Å²) in [7, 11) is 1.91. The van der Waals surface area contributed by atoms with Crippen LogP contribution in [0.1, 0.15) is 23.7 Å². The Morgan fingerprint density at radius 2 is 2.33 bits per heavy atom. The Kier molecular flexibility index (Phi) is 3.58. The second-order valence-corrected chi connectivity index (χ2v) is 4.02. The van der Waals surface area contributed by atoms with Gasteiger partial charge in [0, 0.05) is 31.5 Å². The van der Waals surface area contributed by atoms with Crippen LogP contribution in [0.5, 0.6) is 0 Å². The molecule has 2 rings (SSSR count). The molecule has 0 radical (unpaired) electrons. The number of aromatic nitrogens is 3. The van der Waals surface area contributed by atoms with E-state index in [1.807, 2.05) is 17.9 Å². The zero-order valence-electron chi connectivity index (χ0n) is 10.5. The van der Waals surface area contributed by atoms with Crippen LogP contribution in [-0.4, -0.2) is 14.8 Å². The van der Waals surface area contributed by atoms with Crippen LogP contribution < -0.4 is 5.32 Å². The van der Waals surface area contributed by atoms with E-state index in [0.29, 0.717) is 17.9 Å². The van der Waals surface area contributed by atoms with Gasteiger partial charge < -0.3 is 5.32 Å². The highest BCUT2D eigenvalue weighted by Gasteiger charge is 2.05. The Morgan fingerprint density at radius 1 is 1.50 bits per heavy atom. The van der Waals surface area contributed by atoms with Gasteiger partial charge in [-0.05, 0) is 18.6 Å². The largest absolute Gasteiger partial charge is 0.366 e. The lowest BCUT2D eigenvalue weighted by Crippen LogP contribution is -2.02. The van der Waals surface area contributed by atoms with Crippen molar-refractivity contribution in [1.29, 1.82) is 5.26 Å². The van der Waals surface area contributed by atoms with E-state index in [4.69, 9.17) is 5.26 Å². The average Bonchev–Trinajstić information content (AvgIpc) is 2.77. The van der Waals surface area contributed by atoms with Crippen molar-refractivity contribution in [2.75, 3.05) is 5.32 Å². The van der Waals surface area contributed by atoms with E-state index in [9.17, 15) is 0 Å². The minimum Gasteiger partial charge on any atom is -0.366 e. The Balaban J connectivity index is 2.09. The molecule has 2 heterocycles. The quantitative estimate of drug-likeness (QED) is 0.887. The molecule has 0 atom stereocenters. The van der Waals surface area contributed by atoms with Crippen molar-refractivity contribution in [3.63, 3.8) is 0 Å². The summed E-state index contributed by atoms with van der Waals surface area (Å²) in [5, 5.41) is 16.4. The van der Waals surface area contributed by atoms with Gasteiger partial charge in [0.15, 0.2) is 0 Å². The number of hydrogen-bond acceptors (Lipinski definition) is 4. The monoisotopic (exact) mass is 241 g/mol. The maximum Gasteiger partial charge on any atom is 0.127 e. The normalized spacial score (nSPS) is 10.1. The smallest absolute Gasteiger partial charge is 0.127 e. The number of pyridine rings is 1. The summed E-state index contributed by atoms with van der Waals surface area (Å²) in [5.74, 6) is 0.708. The number of hydrogen-bond donors (Lipinski definition) is 1. The number of anilines is 1. The van der Waals surface area contributed by atoms with Gasteiger partial charge in [0.05, 0.1) is 17.3 Å². The van der Waals surface area contributed by atoms with Crippen molar-refractivity contribution in [2.24, 2.45) is 7.05 Å². The molecule has 1 N–H and O–H groups in total. The van der Waals surface area contributed by atoms with E-state index in [-0.39, 0.29) is 0 Å². The van der Waals surface area contributed by atoms with Crippen LogP contribution in [-0.2, 0) is 20.0 Å². The van der Waals surface area contributed by atoms with E-state index < -0.39 is 0 Å². The highest BCUT2D eigenvalue weighted by atomic mass is 15.3. The third-order valence-corrected chi connectivity index (χ3v) is 2.68. The molecule has 0 fully saturated rings. The highest BCUT2D eigenvalue weighted by molar-refractivity contribution is 5.43. The molecule has 0 saturated heterocycles. The van der Waals surface area contributed by atoms with Gasteiger partial charge in [-0.25, -0.2) is 4.98 Å². The van der Waals surface area contributed by atoms with Crippen molar-refractivity contribution < 1.29 is 0 Å². The first-order chi connectivity index (χ1) is 8.72. The lowest BCUT2D eigenvalue weighted by molar-refractivity contribution is 0.746. The molecule has 0 spiro atoms. The maximum absolute atomic E-state index is 8.81. The van der Waals surface area contributed by atoms with Gasteiger partial charge in [0.25, 0.3) is 0 Å². The van der Waals surface area contributed by atoms with Crippen LogP contribution in [0.3, 0.4) is 0 Å². The summed E-state index contributed by atoms with van der Waals surface area (Å²) < 4.78 is 1.81. The molecule has 0 unspecified atom stereocenters. The summed E-state index contributed by atoms with van der Waals surface area (Å²) in [4.78, 5) is 4.18. The maximum atomic E-state index is 8.81. The Morgan fingerprint density at radius 3 is 3.06 bits per heavy atom. The van der Waals surface area contributed by atoms with Crippen LogP contribution in [0.15, 0.2) is 24.5 Å². The van der Waals surface area contributed by atoms with Crippen LogP contribution in [0, 0.1) is 11.3 Å². The Labute approximate surface area is 106 Å². The minimum atomic E-state index is 0.606. The summed E-state index contributed by atoms with van der Waals surface area (Å²) in [6.45, 7) is 2.75. The van der Waals surface area contributed by atoms with Gasteiger partial charge in [-0.3, -0.25) is 4.68 Å². The highest BCUT2D eigenvalue weighted by Crippen LogP contribution is 2.11. The molecule has 0 bridgehead atoms. The van der Waals surface area contributed by atoms with Gasteiger partial charge in [-0.1, -0.05) is 6.92 Å². The van der Waals surface area contributed by atoms with Crippen LogP contribution in [0.25, 0.3) is 0 Å². The van der Waals surface area contributed by atoms with Gasteiger partial charge in [-0.15, -0.1) is 0 Å². The molecule has 0 aliphatic rings. The second kappa shape index (κ2) is 5.32. The SMILES string of the molecule is CCc1nn(C)cc1CNc1cc(C#N)ccn1. The van der Waals surface area contributed by atoms with E-state index in [1.165, 1.54) is 0 Å². The molecular formula is C13H15N5. The number of nitriles is 1. The zero-order valence-corrected chi connectivity index (χ0v) is 10.5. The van der Waals surface area contributed by atoms with Crippen LogP contribution >= 0.6 is 0 Å². The molecule has 2 aromatic rings. The summed E-state index contributed by atoms with van der Waals surface area (Å²) in [6, 6.07) is 5.52.